The zero-order valence-corrected chi connectivity index (χ0v) is 14.3. The monoisotopic (exact) mass is 333 g/mol. The Hall–Kier alpha value is -2.21. The average Bonchev–Trinajstić information content (AvgIpc) is 2.93. The van der Waals surface area contributed by atoms with Gasteiger partial charge in [0.1, 0.15) is 5.82 Å². The van der Waals surface area contributed by atoms with Gasteiger partial charge in [0.15, 0.2) is 0 Å². The molecule has 0 unspecified atom stereocenters. The first kappa shape index (κ1) is 18.1. The van der Waals surface area contributed by atoms with E-state index in [2.05, 4.69) is 15.5 Å². The van der Waals surface area contributed by atoms with Crippen LogP contribution in [0.2, 0.25) is 0 Å². The van der Waals surface area contributed by atoms with Crippen LogP contribution < -0.4 is 5.32 Å². The highest BCUT2D eigenvalue weighted by molar-refractivity contribution is 5.81. The average molecular weight is 333 g/mol. The zero-order valence-electron chi connectivity index (χ0n) is 14.3. The van der Waals surface area contributed by atoms with E-state index in [1.807, 2.05) is 20.8 Å². The van der Waals surface area contributed by atoms with Gasteiger partial charge in [0, 0.05) is 16.8 Å². The number of carbonyl (C=O) groups is 1. The van der Waals surface area contributed by atoms with Crippen LogP contribution in [0.5, 0.6) is 0 Å². The Kier molecular flexibility index (Phi) is 6.09. The minimum atomic E-state index is -0.315. The third-order valence-corrected chi connectivity index (χ3v) is 4.40. The molecule has 6 heteroatoms. The number of nitrogens with one attached hydrogen (secondary N) is 2. The molecule has 1 heterocycles. The molecule has 5 nitrogen and oxygen atoms in total. The lowest BCUT2D eigenvalue weighted by Crippen LogP contribution is -2.42. The molecule has 0 bridgehead atoms. The van der Waals surface area contributed by atoms with Gasteiger partial charge in [-0.3, -0.25) is 9.89 Å². The van der Waals surface area contributed by atoms with Gasteiger partial charge in [0.25, 0.3) is 0 Å². The molecule has 24 heavy (non-hydrogen) atoms. The van der Waals surface area contributed by atoms with E-state index in [-0.39, 0.29) is 36.7 Å². The second kappa shape index (κ2) is 8.06. The summed E-state index contributed by atoms with van der Waals surface area (Å²) in [4.78, 5) is 12.4. The fraction of sp³-hybridized carbons (Fsp3) is 0.444. The lowest BCUT2D eigenvalue weighted by Gasteiger charge is -2.22. The zero-order chi connectivity index (χ0) is 17.7. The number of rotatable bonds is 7. The summed E-state index contributed by atoms with van der Waals surface area (Å²) >= 11 is 0. The van der Waals surface area contributed by atoms with Crippen molar-refractivity contribution in [1.29, 1.82) is 0 Å². The summed E-state index contributed by atoms with van der Waals surface area (Å²) in [5.74, 6) is -0.284. The number of benzene rings is 1. The Balaban J connectivity index is 2.16. The third-order valence-electron chi connectivity index (χ3n) is 4.40. The van der Waals surface area contributed by atoms with Crippen molar-refractivity contribution in [2.24, 2.45) is 5.92 Å². The maximum absolute atomic E-state index is 13.1. The Morgan fingerprint density at radius 2 is 2.04 bits per heavy atom. The summed E-state index contributed by atoms with van der Waals surface area (Å²) in [5, 5.41) is 19.5. The van der Waals surface area contributed by atoms with Gasteiger partial charge in [-0.2, -0.15) is 5.10 Å². The van der Waals surface area contributed by atoms with Crippen molar-refractivity contribution in [2.75, 3.05) is 6.61 Å². The highest BCUT2D eigenvalue weighted by Gasteiger charge is 2.20. The molecule has 0 fully saturated rings. The Morgan fingerprint density at radius 3 is 2.62 bits per heavy atom. The molecule has 3 N–H and O–H groups in total. The molecule has 0 saturated heterocycles. The maximum atomic E-state index is 13.1. The Morgan fingerprint density at radius 1 is 1.38 bits per heavy atom. The number of aromatic amines is 1. The van der Waals surface area contributed by atoms with Crippen molar-refractivity contribution in [3.63, 3.8) is 0 Å². The highest BCUT2D eigenvalue weighted by atomic mass is 19.1. The molecule has 1 aromatic heterocycles. The van der Waals surface area contributed by atoms with Crippen LogP contribution in [0.15, 0.2) is 24.3 Å². The lowest BCUT2D eigenvalue weighted by molar-refractivity contribution is -0.121. The van der Waals surface area contributed by atoms with Gasteiger partial charge in [0.2, 0.25) is 5.91 Å². The summed E-state index contributed by atoms with van der Waals surface area (Å²) in [6.07, 6.45) is 1.03. The summed E-state index contributed by atoms with van der Waals surface area (Å²) < 4.78 is 13.1. The number of aliphatic hydroxyl groups is 1. The van der Waals surface area contributed by atoms with Crippen LogP contribution >= 0.6 is 0 Å². The fourth-order valence-electron chi connectivity index (χ4n) is 2.59. The van der Waals surface area contributed by atoms with Crippen LogP contribution in [-0.4, -0.2) is 33.9 Å². The van der Waals surface area contributed by atoms with Crippen LogP contribution in [0, 0.1) is 18.7 Å². The first-order chi connectivity index (χ1) is 11.5. The van der Waals surface area contributed by atoms with Gasteiger partial charge < -0.3 is 10.4 Å². The standard InChI is InChI=1S/C18H24FN3O2/c1-4-11(2)16(10-23)20-17(24)9-15-12(3)21-22-18(15)13-5-7-14(19)8-6-13/h5-8,11,16,23H,4,9-10H2,1-3H3,(H,20,24)(H,21,22)/t11-,16-/m0/s1. The molecule has 2 aromatic rings. The number of halogens is 1. The number of carbonyl (C=O) groups excluding carboxylic acids is 1. The largest absolute Gasteiger partial charge is 0.394 e. The van der Waals surface area contributed by atoms with E-state index >= 15 is 0 Å². The minimum Gasteiger partial charge on any atom is -0.394 e. The summed E-state index contributed by atoms with van der Waals surface area (Å²) in [6.45, 7) is 5.78. The molecule has 130 valence electrons. The molecule has 1 aromatic carbocycles. The van der Waals surface area contributed by atoms with Crippen LogP contribution in [0.25, 0.3) is 11.3 Å². The highest BCUT2D eigenvalue weighted by Crippen LogP contribution is 2.24. The van der Waals surface area contributed by atoms with E-state index in [0.29, 0.717) is 5.69 Å². The SMILES string of the molecule is CC[C@H](C)[C@H](CO)NC(=O)Cc1c(-c2ccc(F)cc2)n[nH]c1C. The molecular weight excluding hydrogens is 309 g/mol. The van der Waals surface area contributed by atoms with Crippen LogP contribution in [0.3, 0.4) is 0 Å². The minimum absolute atomic E-state index is 0.0874. The third kappa shape index (κ3) is 4.20. The van der Waals surface area contributed by atoms with E-state index in [1.54, 1.807) is 12.1 Å². The molecule has 0 saturated carbocycles. The molecule has 2 atom stereocenters. The van der Waals surface area contributed by atoms with E-state index in [4.69, 9.17) is 0 Å². The first-order valence-corrected chi connectivity index (χ1v) is 8.16. The van der Waals surface area contributed by atoms with Crippen LogP contribution in [-0.2, 0) is 11.2 Å². The first-order valence-electron chi connectivity index (χ1n) is 8.16. The van der Waals surface area contributed by atoms with E-state index in [1.165, 1.54) is 12.1 Å². The van der Waals surface area contributed by atoms with Crippen molar-refractivity contribution in [2.45, 2.75) is 39.7 Å². The number of hydrogen-bond acceptors (Lipinski definition) is 3. The molecule has 0 spiro atoms. The summed E-state index contributed by atoms with van der Waals surface area (Å²) in [7, 11) is 0. The van der Waals surface area contributed by atoms with Gasteiger partial charge in [-0.25, -0.2) is 4.39 Å². The van der Waals surface area contributed by atoms with E-state index in [9.17, 15) is 14.3 Å². The number of hydrogen-bond donors (Lipinski definition) is 3. The molecule has 1 amide bonds. The number of amides is 1. The summed E-state index contributed by atoms with van der Waals surface area (Å²) in [5.41, 5.74) is 2.98. The number of H-pyrrole nitrogens is 1. The molecule has 0 aliphatic rings. The van der Waals surface area contributed by atoms with Gasteiger partial charge >= 0.3 is 0 Å². The predicted octanol–water partition coefficient (Wildman–Crippen LogP) is 2.59. The smallest absolute Gasteiger partial charge is 0.224 e. The van der Waals surface area contributed by atoms with Gasteiger partial charge in [-0.05, 0) is 37.1 Å². The van der Waals surface area contributed by atoms with Crippen molar-refractivity contribution in [1.82, 2.24) is 15.5 Å². The van der Waals surface area contributed by atoms with Crippen molar-refractivity contribution >= 4 is 5.91 Å². The van der Waals surface area contributed by atoms with E-state index in [0.717, 1.165) is 23.2 Å². The quantitative estimate of drug-likeness (QED) is 0.729. The van der Waals surface area contributed by atoms with Gasteiger partial charge in [-0.15, -0.1) is 0 Å². The summed E-state index contributed by atoms with van der Waals surface area (Å²) in [6, 6.07) is 5.76. The Labute approximate surface area is 141 Å². The van der Waals surface area contributed by atoms with Crippen molar-refractivity contribution in [3.05, 3.63) is 41.3 Å². The predicted molar refractivity (Wildman–Crippen MR) is 90.9 cm³/mol. The number of aromatic nitrogens is 2. The fourth-order valence-corrected chi connectivity index (χ4v) is 2.59. The topological polar surface area (TPSA) is 78.0 Å². The van der Waals surface area contributed by atoms with Gasteiger partial charge in [-0.1, -0.05) is 20.3 Å². The maximum Gasteiger partial charge on any atom is 0.224 e. The second-order valence-electron chi connectivity index (χ2n) is 6.10. The molecular formula is C18H24FN3O2. The normalized spacial score (nSPS) is 13.5. The van der Waals surface area contributed by atoms with Crippen LogP contribution in [0.1, 0.15) is 31.5 Å². The molecule has 0 radical (unpaired) electrons. The van der Waals surface area contributed by atoms with Crippen molar-refractivity contribution < 1.29 is 14.3 Å². The second-order valence-corrected chi connectivity index (χ2v) is 6.10. The Bertz CT molecular complexity index is 682. The number of aliphatic hydroxyl groups excluding tert-OH is 1. The lowest BCUT2D eigenvalue weighted by atomic mass is 9.99. The van der Waals surface area contributed by atoms with E-state index < -0.39 is 0 Å². The molecule has 2 rings (SSSR count). The van der Waals surface area contributed by atoms with Crippen LogP contribution in [0.4, 0.5) is 4.39 Å². The number of nitrogens with zero attached hydrogens (tertiary/aromatic N) is 1. The van der Waals surface area contributed by atoms with Crippen molar-refractivity contribution in [3.8, 4) is 11.3 Å². The van der Waals surface area contributed by atoms with Gasteiger partial charge in [0.05, 0.1) is 24.8 Å². The number of aryl methyl sites for hydroxylation is 1. The molecule has 0 aliphatic heterocycles. The molecule has 0 aliphatic carbocycles.